The third-order valence-electron chi connectivity index (χ3n) is 4.20. The molecule has 0 amide bonds. The van der Waals surface area contributed by atoms with Crippen LogP contribution in [0.25, 0.3) is 0 Å². The molecule has 2 rings (SSSR count). The van der Waals surface area contributed by atoms with Crippen LogP contribution < -0.4 is 5.32 Å². The highest BCUT2D eigenvalue weighted by Crippen LogP contribution is 2.35. The molecule has 118 valence electrons. The average molecular weight is 320 g/mol. The molecule has 1 aromatic rings. The Bertz CT molecular complexity index is 465. The second-order valence-corrected chi connectivity index (χ2v) is 6.25. The lowest BCUT2D eigenvalue weighted by molar-refractivity contribution is -0.137. The number of hydrogen-bond donors (Lipinski definition) is 1. The summed E-state index contributed by atoms with van der Waals surface area (Å²) in [5, 5.41) is 3.54. The smallest absolute Gasteiger partial charge is 0.381 e. The van der Waals surface area contributed by atoms with Gasteiger partial charge in [0.05, 0.1) is 16.3 Å². The van der Waals surface area contributed by atoms with Gasteiger partial charge in [0, 0.05) is 6.04 Å². The minimum atomic E-state index is -4.33. The lowest BCUT2D eigenvalue weighted by Gasteiger charge is -2.30. The van der Waals surface area contributed by atoms with E-state index in [2.05, 4.69) is 12.2 Å². The SMILES string of the molecule is CCCC1CCC(Nc2cc(C(F)(F)F)ccc2Cl)CC1. The molecule has 1 saturated carbocycles. The first kappa shape index (κ1) is 16.5. The van der Waals surface area contributed by atoms with Crippen molar-refractivity contribution in [2.45, 2.75) is 57.7 Å². The Morgan fingerprint density at radius 2 is 1.86 bits per heavy atom. The van der Waals surface area contributed by atoms with Gasteiger partial charge in [-0.25, -0.2) is 0 Å². The van der Waals surface area contributed by atoms with Gasteiger partial charge in [-0.1, -0.05) is 31.4 Å². The molecular weight excluding hydrogens is 299 g/mol. The van der Waals surface area contributed by atoms with Crippen LogP contribution in [0.2, 0.25) is 5.02 Å². The first-order valence-corrected chi connectivity index (χ1v) is 7.91. The second kappa shape index (κ2) is 6.91. The summed E-state index contributed by atoms with van der Waals surface area (Å²) in [5.41, 5.74) is -0.264. The van der Waals surface area contributed by atoms with Gasteiger partial charge in [0.1, 0.15) is 0 Å². The van der Waals surface area contributed by atoms with E-state index in [-0.39, 0.29) is 6.04 Å². The number of benzene rings is 1. The molecule has 21 heavy (non-hydrogen) atoms. The molecule has 0 saturated heterocycles. The zero-order valence-electron chi connectivity index (χ0n) is 12.1. The predicted molar refractivity (Wildman–Crippen MR) is 80.7 cm³/mol. The largest absolute Gasteiger partial charge is 0.416 e. The summed E-state index contributed by atoms with van der Waals surface area (Å²) in [5.74, 6) is 0.769. The molecule has 0 radical (unpaired) electrons. The number of halogens is 4. The molecule has 0 bridgehead atoms. The van der Waals surface area contributed by atoms with Crippen LogP contribution in [0.3, 0.4) is 0 Å². The summed E-state index contributed by atoms with van der Waals surface area (Å²) in [6, 6.07) is 3.67. The Morgan fingerprint density at radius 3 is 2.43 bits per heavy atom. The van der Waals surface area contributed by atoms with Crippen molar-refractivity contribution in [1.82, 2.24) is 0 Å². The first-order valence-electron chi connectivity index (χ1n) is 7.53. The third-order valence-corrected chi connectivity index (χ3v) is 4.53. The maximum Gasteiger partial charge on any atom is 0.416 e. The zero-order valence-corrected chi connectivity index (χ0v) is 12.9. The Balaban J connectivity index is 2.00. The van der Waals surface area contributed by atoms with E-state index in [9.17, 15) is 13.2 Å². The van der Waals surface area contributed by atoms with Gasteiger partial charge >= 0.3 is 6.18 Å². The monoisotopic (exact) mass is 319 g/mol. The third kappa shape index (κ3) is 4.53. The van der Waals surface area contributed by atoms with Crippen LogP contribution in [0, 0.1) is 5.92 Å². The number of nitrogens with one attached hydrogen (secondary N) is 1. The molecule has 1 fully saturated rings. The summed E-state index contributed by atoms with van der Waals surface area (Å²) in [6.45, 7) is 2.19. The van der Waals surface area contributed by atoms with Crippen LogP contribution in [0.15, 0.2) is 18.2 Å². The Kier molecular flexibility index (Phi) is 5.42. The average Bonchev–Trinajstić information content (AvgIpc) is 2.42. The summed E-state index contributed by atoms with van der Waals surface area (Å²) >= 11 is 6.01. The zero-order chi connectivity index (χ0) is 15.5. The van der Waals surface area contributed by atoms with E-state index >= 15 is 0 Å². The topological polar surface area (TPSA) is 12.0 Å². The van der Waals surface area contributed by atoms with Gasteiger partial charge < -0.3 is 5.32 Å². The lowest BCUT2D eigenvalue weighted by Crippen LogP contribution is -2.26. The van der Waals surface area contributed by atoms with Gasteiger partial charge in [0.15, 0.2) is 0 Å². The molecule has 0 heterocycles. The van der Waals surface area contributed by atoms with Crippen molar-refractivity contribution >= 4 is 17.3 Å². The molecule has 0 spiro atoms. The summed E-state index contributed by atoms with van der Waals surface area (Å²) in [6.07, 6.45) is 2.39. The van der Waals surface area contributed by atoms with Crippen molar-refractivity contribution in [1.29, 1.82) is 0 Å². The van der Waals surface area contributed by atoms with Crippen molar-refractivity contribution in [2.24, 2.45) is 5.92 Å². The fourth-order valence-corrected chi connectivity index (χ4v) is 3.21. The van der Waals surface area contributed by atoms with Crippen molar-refractivity contribution in [3.63, 3.8) is 0 Å². The predicted octanol–water partition coefficient (Wildman–Crippen LogP) is 6.13. The normalized spacial score (nSPS) is 23.1. The molecule has 0 unspecified atom stereocenters. The van der Waals surface area contributed by atoms with Crippen LogP contribution in [0.4, 0.5) is 18.9 Å². The van der Waals surface area contributed by atoms with E-state index < -0.39 is 11.7 Å². The van der Waals surface area contributed by atoms with Gasteiger partial charge in [0.2, 0.25) is 0 Å². The molecule has 0 aliphatic heterocycles. The molecule has 1 nitrogen and oxygen atoms in total. The van der Waals surface area contributed by atoms with E-state index in [1.54, 1.807) is 0 Å². The minimum Gasteiger partial charge on any atom is -0.381 e. The minimum absolute atomic E-state index is 0.221. The molecule has 1 aliphatic carbocycles. The standard InChI is InChI=1S/C16H21ClF3N/c1-2-3-11-4-7-13(8-5-11)21-15-10-12(16(18,19)20)6-9-14(15)17/h6,9-11,13,21H,2-5,7-8H2,1H3. The number of alkyl halides is 3. The van der Waals surface area contributed by atoms with E-state index in [1.807, 2.05) is 0 Å². The molecule has 1 N–H and O–H groups in total. The van der Waals surface area contributed by atoms with E-state index in [4.69, 9.17) is 11.6 Å². The van der Waals surface area contributed by atoms with Gasteiger partial charge in [-0.3, -0.25) is 0 Å². The second-order valence-electron chi connectivity index (χ2n) is 5.84. The van der Waals surface area contributed by atoms with E-state index in [0.717, 1.165) is 43.7 Å². The van der Waals surface area contributed by atoms with Crippen molar-refractivity contribution < 1.29 is 13.2 Å². The van der Waals surface area contributed by atoms with E-state index in [0.29, 0.717) is 10.7 Å². The van der Waals surface area contributed by atoms with Gasteiger partial charge in [-0.15, -0.1) is 0 Å². The Hall–Kier alpha value is -0.900. The van der Waals surface area contributed by atoms with Crippen LogP contribution in [-0.4, -0.2) is 6.04 Å². The van der Waals surface area contributed by atoms with Crippen LogP contribution in [0.1, 0.15) is 51.0 Å². The highest BCUT2D eigenvalue weighted by Gasteiger charge is 2.31. The highest BCUT2D eigenvalue weighted by atomic mass is 35.5. The molecule has 0 atom stereocenters. The maximum absolute atomic E-state index is 12.7. The summed E-state index contributed by atoms with van der Waals surface area (Å²) in [4.78, 5) is 0. The Morgan fingerprint density at radius 1 is 1.19 bits per heavy atom. The molecule has 1 aromatic carbocycles. The van der Waals surface area contributed by atoms with Gasteiger partial charge in [-0.2, -0.15) is 13.2 Å². The molecule has 0 aromatic heterocycles. The van der Waals surface area contributed by atoms with Crippen molar-refractivity contribution in [3.05, 3.63) is 28.8 Å². The molecule has 1 aliphatic rings. The number of rotatable bonds is 4. The van der Waals surface area contributed by atoms with Gasteiger partial charge in [0.25, 0.3) is 0 Å². The fraction of sp³-hybridized carbons (Fsp3) is 0.625. The van der Waals surface area contributed by atoms with Crippen LogP contribution in [0.5, 0.6) is 0 Å². The summed E-state index contributed by atoms with van der Waals surface area (Å²) < 4.78 is 38.2. The maximum atomic E-state index is 12.7. The van der Waals surface area contributed by atoms with E-state index in [1.165, 1.54) is 18.9 Å². The number of anilines is 1. The Labute approximate surface area is 128 Å². The quantitative estimate of drug-likeness (QED) is 0.704. The molecular formula is C16H21ClF3N. The lowest BCUT2D eigenvalue weighted by atomic mass is 9.83. The highest BCUT2D eigenvalue weighted by molar-refractivity contribution is 6.33. The molecule has 5 heteroatoms. The number of hydrogen-bond acceptors (Lipinski definition) is 1. The van der Waals surface area contributed by atoms with Gasteiger partial charge in [-0.05, 0) is 49.8 Å². The van der Waals surface area contributed by atoms with Crippen LogP contribution in [-0.2, 0) is 6.18 Å². The first-order chi connectivity index (χ1) is 9.90. The van der Waals surface area contributed by atoms with Crippen LogP contribution >= 0.6 is 11.6 Å². The summed E-state index contributed by atoms with van der Waals surface area (Å²) in [7, 11) is 0. The fourth-order valence-electron chi connectivity index (χ4n) is 3.04. The van der Waals surface area contributed by atoms with Crippen molar-refractivity contribution in [3.8, 4) is 0 Å². The van der Waals surface area contributed by atoms with Crippen molar-refractivity contribution in [2.75, 3.05) is 5.32 Å².